The van der Waals surface area contributed by atoms with E-state index in [4.69, 9.17) is 0 Å². The third kappa shape index (κ3) is 3.82. The van der Waals surface area contributed by atoms with E-state index < -0.39 is 0 Å². The molecule has 0 aliphatic heterocycles. The molecule has 0 radical (unpaired) electrons. The van der Waals surface area contributed by atoms with E-state index in [0.717, 1.165) is 26.1 Å². The topological polar surface area (TPSA) is 52.7 Å². The molecule has 4 heteroatoms. The average Bonchev–Trinajstić information content (AvgIpc) is 2.85. The second kappa shape index (κ2) is 5.85. The van der Waals surface area contributed by atoms with Crippen LogP contribution in [-0.4, -0.2) is 28.8 Å². The summed E-state index contributed by atoms with van der Waals surface area (Å²) < 4.78 is 0. The molecule has 1 heterocycles. The third-order valence-corrected chi connectivity index (χ3v) is 3.37. The van der Waals surface area contributed by atoms with E-state index in [0.29, 0.717) is 0 Å². The van der Waals surface area contributed by atoms with Crippen molar-refractivity contribution in [2.45, 2.75) is 58.5 Å². The molecule has 2 rings (SSSR count). The van der Waals surface area contributed by atoms with Crippen molar-refractivity contribution in [1.82, 2.24) is 20.8 Å². The van der Waals surface area contributed by atoms with Crippen molar-refractivity contribution in [3.8, 4) is 0 Å². The summed E-state index contributed by atoms with van der Waals surface area (Å²) in [5, 5.41) is 14.5. The number of aromatic amines is 1. The lowest BCUT2D eigenvalue weighted by molar-refractivity contribution is 0.418. The molecule has 102 valence electrons. The van der Waals surface area contributed by atoms with E-state index in [9.17, 15) is 0 Å². The minimum absolute atomic E-state index is 0.225. The van der Waals surface area contributed by atoms with E-state index in [1.165, 1.54) is 36.2 Å². The molecule has 0 aromatic carbocycles. The predicted molar refractivity (Wildman–Crippen MR) is 74.7 cm³/mol. The molecule has 0 unspecified atom stereocenters. The molecule has 1 aliphatic rings. The number of fused-ring (bicyclic) bond motifs is 1. The molecule has 3 N–H and O–H groups in total. The molecule has 0 spiro atoms. The minimum atomic E-state index is 0.225. The van der Waals surface area contributed by atoms with Gasteiger partial charge in [0, 0.05) is 17.8 Å². The van der Waals surface area contributed by atoms with Gasteiger partial charge in [-0.15, -0.1) is 0 Å². The molecule has 1 aromatic heterocycles. The maximum Gasteiger partial charge on any atom is 0.0794 e. The Bertz CT molecular complexity index is 376. The normalized spacial score (nSPS) is 15.1. The average molecular weight is 250 g/mol. The highest BCUT2D eigenvalue weighted by molar-refractivity contribution is 5.29. The Morgan fingerprint density at radius 1 is 1.22 bits per heavy atom. The predicted octanol–water partition coefficient (Wildman–Crippen LogP) is 1.77. The van der Waals surface area contributed by atoms with E-state index >= 15 is 0 Å². The van der Waals surface area contributed by atoms with Crippen LogP contribution in [0.2, 0.25) is 0 Å². The van der Waals surface area contributed by atoms with Gasteiger partial charge in [0.25, 0.3) is 0 Å². The SMILES string of the molecule is CC(C)(C)NCCCNCc1n[nH]c2c1CCC2. The van der Waals surface area contributed by atoms with Gasteiger partial charge in [-0.05, 0) is 65.1 Å². The smallest absolute Gasteiger partial charge is 0.0794 e. The summed E-state index contributed by atoms with van der Waals surface area (Å²) in [6, 6.07) is 0. The Balaban J connectivity index is 1.61. The van der Waals surface area contributed by atoms with Crippen LogP contribution in [0.3, 0.4) is 0 Å². The maximum absolute atomic E-state index is 4.39. The Hall–Kier alpha value is -0.870. The Morgan fingerprint density at radius 3 is 2.83 bits per heavy atom. The number of aromatic nitrogens is 2. The highest BCUT2D eigenvalue weighted by atomic mass is 15.1. The number of nitrogens with zero attached hydrogens (tertiary/aromatic N) is 1. The molecule has 1 aliphatic carbocycles. The molecular weight excluding hydrogens is 224 g/mol. The summed E-state index contributed by atoms with van der Waals surface area (Å²) in [4.78, 5) is 0. The van der Waals surface area contributed by atoms with Crippen LogP contribution in [-0.2, 0) is 19.4 Å². The van der Waals surface area contributed by atoms with Gasteiger partial charge < -0.3 is 10.6 Å². The third-order valence-electron chi connectivity index (χ3n) is 3.37. The Morgan fingerprint density at radius 2 is 2.06 bits per heavy atom. The molecule has 1 aromatic rings. The lowest BCUT2D eigenvalue weighted by Gasteiger charge is -2.20. The Labute approximate surface area is 110 Å². The minimum Gasteiger partial charge on any atom is -0.312 e. The van der Waals surface area contributed by atoms with Gasteiger partial charge in [-0.25, -0.2) is 0 Å². The van der Waals surface area contributed by atoms with Crippen molar-refractivity contribution in [2.75, 3.05) is 13.1 Å². The van der Waals surface area contributed by atoms with Gasteiger partial charge in [0.2, 0.25) is 0 Å². The van der Waals surface area contributed by atoms with Gasteiger partial charge in [-0.3, -0.25) is 5.10 Å². The number of hydrogen-bond donors (Lipinski definition) is 3. The van der Waals surface area contributed by atoms with Gasteiger partial charge >= 0.3 is 0 Å². The standard InChI is InChI=1S/C14H26N4/c1-14(2,3)16-9-5-8-15-10-13-11-6-4-7-12(11)17-18-13/h15-16H,4-10H2,1-3H3,(H,17,18). The van der Waals surface area contributed by atoms with E-state index in [-0.39, 0.29) is 5.54 Å². The van der Waals surface area contributed by atoms with Crippen LogP contribution >= 0.6 is 0 Å². The van der Waals surface area contributed by atoms with Crippen molar-refractivity contribution in [3.05, 3.63) is 17.0 Å². The lowest BCUT2D eigenvalue weighted by Crippen LogP contribution is -2.37. The quantitative estimate of drug-likeness (QED) is 0.674. The van der Waals surface area contributed by atoms with E-state index in [2.05, 4.69) is 41.6 Å². The first kappa shape index (κ1) is 13.6. The number of aryl methyl sites for hydroxylation is 1. The Kier molecular flexibility index (Phi) is 4.40. The van der Waals surface area contributed by atoms with E-state index in [1.807, 2.05) is 0 Å². The molecule has 18 heavy (non-hydrogen) atoms. The fourth-order valence-electron chi connectivity index (χ4n) is 2.42. The molecular formula is C14H26N4. The highest BCUT2D eigenvalue weighted by Crippen LogP contribution is 2.22. The molecule has 4 nitrogen and oxygen atoms in total. The van der Waals surface area contributed by atoms with Crippen LogP contribution in [0.1, 0.15) is 50.6 Å². The first-order chi connectivity index (χ1) is 8.56. The number of rotatable bonds is 6. The fourth-order valence-corrected chi connectivity index (χ4v) is 2.42. The monoisotopic (exact) mass is 250 g/mol. The molecule has 0 bridgehead atoms. The van der Waals surface area contributed by atoms with E-state index in [1.54, 1.807) is 0 Å². The largest absolute Gasteiger partial charge is 0.312 e. The van der Waals surface area contributed by atoms with Crippen LogP contribution in [0.4, 0.5) is 0 Å². The first-order valence-corrected chi connectivity index (χ1v) is 7.07. The molecule has 0 saturated heterocycles. The first-order valence-electron chi connectivity index (χ1n) is 7.07. The van der Waals surface area contributed by atoms with Crippen molar-refractivity contribution >= 4 is 0 Å². The van der Waals surface area contributed by atoms with Crippen LogP contribution in [0.15, 0.2) is 0 Å². The fraction of sp³-hybridized carbons (Fsp3) is 0.786. The zero-order valence-electron chi connectivity index (χ0n) is 11.9. The second-order valence-corrected chi connectivity index (χ2v) is 6.19. The zero-order chi connectivity index (χ0) is 13.0. The number of nitrogens with one attached hydrogen (secondary N) is 3. The van der Waals surface area contributed by atoms with Crippen LogP contribution in [0, 0.1) is 0 Å². The van der Waals surface area contributed by atoms with Crippen molar-refractivity contribution < 1.29 is 0 Å². The summed E-state index contributed by atoms with van der Waals surface area (Å²) >= 11 is 0. The van der Waals surface area contributed by atoms with Crippen molar-refractivity contribution in [2.24, 2.45) is 0 Å². The van der Waals surface area contributed by atoms with Crippen molar-refractivity contribution in [3.63, 3.8) is 0 Å². The molecule has 0 amide bonds. The second-order valence-electron chi connectivity index (χ2n) is 6.19. The highest BCUT2D eigenvalue weighted by Gasteiger charge is 2.17. The van der Waals surface area contributed by atoms with Crippen LogP contribution in [0.5, 0.6) is 0 Å². The van der Waals surface area contributed by atoms with Gasteiger partial charge in [0.1, 0.15) is 0 Å². The summed E-state index contributed by atoms with van der Waals surface area (Å²) in [7, 11) is 0. The molecule has 0 saturated carbocycles. The summed E-state index contributed by atoms with van der Waals surface area (Å²) in [5.41, 5.74) is 4.28. The van der Waals surface area contributed by atoms with Gasteiger partial charge in [0.15, 0.2) is 0 Å². The molecule has 0 atom stereocenters. The van der Waals surface area contributed by atoms with Crippen molar-refractivity contribution in [1.29, 1.82) is 0 Å². The lowest BCUT2D eigenvalue weighted by atomic mass is 10.1. The van der Waals surface area contributed by atoms with Crippen LogP contribution in [0.25, 0.3) is 0 Å². The summed E-state index contributed by atoms with van der Waals surface area (Å²) in [6.45, 7) is 9.62. The van der Waals surface area contributed by atoms with Gasteiger partial charge in [-0.1, -0.05) is 0 Å². The zero-order valence-corrected chi connectivity index (χ0v) is 11.9. The number of H-pyrrole nitrogens is 1. The summed E-state index contributed by atoms with van der Waals surface area (Å²) in [5.74, 6) is 0. The van der Waals surface area contributed by atoms with Gasteiger partial charge in [0.05, 0.1) is 5.69 Å². The van der Waals surface area contributed by atoms with Crippen LogP contribution < -0.4 is 10.6 Å². The molecule has 0 fully saturated rings. The van der Waals surface area contributed by atoms with Gasteiger partial charge in [-0.2, -0.15) is 5.10 Å². The number of hydrogen-bond acceptors (Lipinski definition) is 3. The summed E-state index contributed by atoms with van der Waals surface area (Å²) in [6.07, 6.45) is 4.82. The maximum atomic E-state index is 4.39.